The molecule has 0 N–H and O–H groups in total. The van der Waals surface area contributed by atoms with Crippen molar-refractivity contribution in [3.8, 4) is 0 Å². The summed E-state index contributed by atoms with van der Waals surface area (Å²) in [5.41, 5.74) is 0.991. The summed E-state index contributed by atoms with van der Waals surface area (Å²) >= 11 is 2.44. The summed E-state index contributed by atoms with van der Waals surface area (Å²) in [4.78, 5) is 8.45. The van der Waals surface area contributed by atoms with Crippen molar-refractivity contribution < 1.29 is 0 Å². The van der Waals surface area contributed by atoms with E-state index in [1.807, 2.05) is 12.4 Å². The number of hydrogen-bond acceptors (Lipinski definition) is 2. The maximum Gasteiger partial charge on any atom is 0.0748 e. The van der Waals surface area contributed by atoms with Gasteiger partial charge in [0.15, 0.2) is 0 Å². The minimum Gasteiger partial charge on any atom is -0.263 e. The first-order valence-corrected chi connectivity index (χ1v) is 5.78. The fourth-order valence-corrected chi connectivity index (χ4v) is 2.47. The maximum absolute atomic E-state index is 4.28. The summed E-state index contributed by atoms with van der Waals surface area (Å²) in [5, 5.41) is 0. The molecule has 1 aliphatic heterocycles. The Labute approximate surface area is 99.1 Å². The van der Waals surface area contributed by atoms with Crippen molar-refractivity contribution >= 4 is 34.5 Å². The highest BCUT2D eigenvalue weighted by atomic mass is 127. The lowest BCUT2D eigenvalue weighted by atomic mass is 9.88. The van der Waals surface area contributed by atoms with Crippen LogP contribution in [-0.2, 0) is 0 Å². The fraction of sp³-hybridized carbons (Fsp3) is 0.455. The summed E-state index contributed by atoms with van der Waals surface area (Å²) in [7, 11) is 0. The molecule has 1 rings (SSSR count). The van der Waals surface area contributed by atoms with E-state index in [4.69, 9.17) is 0 Å². The van der Waals surface area contributed by atoms with Crippen LogP contribution in [0, 0.1) is 5.92 Å². The number of allylic oxidation sites excluding steroid dienone is 1. The Balaban J connectivity index is 3.09. The van der Waals surface area contributed by atoms with Crippen molar-refractivity contribution in [3.63, 3.8) is 0 Å². The quantitative estimate of drug-likeness (QED) is 0.552. The lowest BCUT2D eigenvalue weighted by Crippen LogP contribution is -2.35. The number of nitrogens with zero attached hydrogens (tertiary/aromatic N) is 2. The third-order valence-corrected chi connectivity index (χ3v) is 3.82. The van der Waals surface area contributed by atoms with Crippen molar-refractivity contribution in [2.24, 2.45) is 15.9 Å². The molecule has 0 spiro atoms. The van der Waals surface area contributed by atoms with Crippen LogP contribution in [0.5, 0.6) is 0 Å². The molecule has 2 atom stereocenters. The fourth-order valence-electron chi connectivity index (χ4n) is 1.54. The first kappa shape index (κ1) is 11.6. The van der Waals surface area contributed by atoms with Crippen molar-refractivity contribution in [1.82, 2.24) is 0 Å². The third kappa shape index (κ3) is 2.32. The lowest BCUT2D eigenvalue weighted by molar-refractivity contribution is 0.583. The van der Waals surface area contributed by atoms with Gasteiger partial charge < -0.3 is 0 Å². The minimum absolute atomic E-state index is 0.0111. The number of aliphatic imine (C=N–C) groups is 2. The van der Waals surface area contributed by atoms with E-state index in [0.717, 1.165) is 12.1 Å². The molecule has 0 aromatic rings. The lowest BCUT2D eigenvalue weighted by Gasteiger charge is -2.28. The van der Waals surface area contributed by atoms with E-state index in [-0.39, 0.29) is 3.42 Å². The second-order valence-electron chi connectivity index (χ2n) is 3.41. The van der Waals surface area contributed by atoms with Gasteiger partial charge in [-0.15, -0.1) is 0 Å². The average molecular weight is 302 g/mol. The zero-order valence-corrected chi connectivity index (χ0v) is 10.7. The van der Waals surface area contributed by atoms with E-state index < -0.39 is 0 Å². The van der Waals surface area contributed by atoms with Crippen LogP contribution in [0.2, 0.25) is 0 Å². The number of alkyl halides is 1. The second-order valence-corrected chi connectivity index (χ2v) is 5.65. The van der Waals surface area contributed by atoms with Crippen LogP contribution in [0.15, 0.2) is 35.0 Å². The van der Waals surface area contributed by atoms with Crippen LogP contribution in [-0.4, -0.2) is 15.3 Å². The molecule has 0 saturated heterocycles. The van der Waals surface area contributed by atoms with Gasteiger partial charge >= 0.3 is 0 Å². The molecule has 14 heavy (non-hydrogen) atoms. The molecule has 0 fully saturated rings. The minimum atomic E-state index is 0.0111. The molecule has 0 aromatic carbocycles. The smallest absolute Gasteiger partial charge is 0.0748 e. The van der Waals surface area contributed by atoms with Crippen LogP contribution < -0.4 is 0 Å². The maximum atomic E-state index is 4.28. The molecule has 1 aliphatic rings. The van der Waals surface area contributed by atoms with E-state index >= 15 is 0 Å². The highest BCUT2D eigenvalue weighted by Gasteiger charge is 2.33. The molecule has 0 radical (unpaired) electrons. The van der Waals surface area contributed by atoms with Crippen LogP contribution >= 0.6 is 22.6 Å². The van der Waals surface area contributed by atoms with Gasteiger partial charge in [0, 0.05) is 18.6 Å². The third-order valence-electron chi connectivity index (χ3n) is 2.47. The van der Waals surface area contributed by atoms with Crippen molar-refractivity contribution in [1.29, 1.82) is 0 Å². The predicted molar refractivity (Wildman–Crippen MR) is 71.5 cm³/mol. The van der Waals surface area contributed by atoms with E-state index in [1.165, 1.54) is 0 Å². The second kappa shape index (κ2) is 4.87. The monoisotopic (exact) mass is 302 g/mol. The van der Waals surface area contributed by atoms with Crippen molar-refractivity contribution in [2.75, 3.05) is 0 Å². The molecule has 0 aromatic heterocycles. The van der Waals surface area contributed by atoms with Crippen LogP contribution in [0.1, 0.15) is 20.3 Å². The molecule has 2 unspecified atom stereocenters. The van der Waals surface area contributed by atoms with E-state index in [0.29, 0.717) is 5.92 Å². The van der Waals surface area contributed by atoms with E-state index in [1.54, 1.807) is 6.20 Å². The molecule has 2 nitrogen and oxygen atoms in total. The molecule has 0 amide bonds. The Hall–Kier alpha value is -0.450. The van der Waals surface area contributed by atoms with Crippen LogP contribution in [0.25, 0.3) is 0 Å². The van der Waals surface area contributed by atoms with Crippen molar-refractivity contribution in [3.05, 3.63) is 25.1 Å². The SMILES string of the molecule is C=CN=C1C=NC=CC(CC)C1(C)I. The number of hydrogen-bond donors (Lipinski definition) is 0. The first-order valence-electron chi connectivity index (χ1n) is 4.70. The van der Waals surface area contributed by atoms with Gasteiger partial charge in [0.25, 0.3) is 0 Å². The summed E-state index contributed by atoms with van der Waals surface area (Å²) < 4.78 is 0.0111. The van der Waals surface area contributed by atoms with Gasteiger partial charge in [-0.1, -0.05) is 42.2 Å². The van der Waals surface area contributed by atoms with E-state index in [9.17, 15) is 0 Å². The Morgan fingerprint density at radius 3 is 3.07 bits per heavy atom. The normalized spacial score (nSPS) is 34.5. The Kier molecular flexibility index (Phi) is 4.04. The first-order chi connectivity index (χ1) is 6.62. The van der Waals surface area contributed by atoms with Gasteiger partial charge in [0.1, 0.15) is 0 Å². The van der Waals surface area contributed by atoms with Gasteiger partial charge in [0.2, 0.25) is 0 Å². The topological polar surface area (TPSA) is 24.7 Å². The molecule has 76 valence electrons. The number of rotatable bonds is 2. The molecule has 0 bridgehead atoms. The van der Waals surface area contributed by atoms with Gasteiger partial charge in [-0.25, -0.2) is 0 Å². The summed E-state index contributed by atoms with van der Waals surface area (Å²) in [5.74, 6) is 0.476. The molecular weight excluding hydrogens is 287 g/mol. The summed E-state index contributed by atoms with van der Waals surface area (Å²) in [6.45, 7) is 8.00. The van der Waals surface area contributed by atoms with Crippen LogP contribution in [0.4, 0.5) is 0 Å². The van der Waals surface area contributed by atoms with Gasteiger partial charge in [-0.2, -0.15) is 0 Å². The predicted octanol–water partition coefficient (Wildman–Crippen LogP) is 3.39. The number of halogens is 1. The Morgan fingerprint density at radius 1 is 1.79 bits per heavy atom. The Morgan fingerprint density at radius 2 is 2.50 bits per heavy atom. The molecular formula is C11H15IN2. The largest absolute Gasteiger partial charge is 0.263 e. The van der Waals surface area contributed by atoms with Crippen molar-refractivity contribution in [2.45, 2.75) is 23.7 Å². The van der Waals surface area contributed by atoms with E-state index in [2.05, 4.69) is 59.1 Å². The zero-order valence-electron chi connectivity index (χ0n) is 8.57. The highest BCUT2D eigenvalue weighted by Crippen LogP contribution is 2.34. The molecule has 0 aliphatic carbocycles. The van der Waals surface area contributed by atoms with Gasteiger partial charge in [-0.3, -0.25) is 9.98 Å². The van der Waals surface area contributed by atoms with Gasteiger partial charge in [-0.05, 0) is 19.3 Å². The highest BCUT2D eigenvalue weighted by molar-refractivity contribution is 14.1. The van der Waals surface area contributed by atoms with Crippen LogP contribution in [0.3, 0.4) is 0 Å². The average Bonchev–Trinajstić information content (AvgIpc) is 2.27. The molecule has 1 heterocycles. The van der Waals surface area contributed by atoms with Gasteiger partial charge in [0.05, 0.1) is 9.13 Å². The molecule has 3 heteroatoms. The zero-order chi connectivity index (χ0) is 10.6. The summed E-state index contributed by atoms with van der Waals surface area (Å²) in [6, 6.07) is 0. The standard InChI is InChI=1S/C11H15IN2/c1-4-9-6-7-13-8-10(14-5-2)11(9,3)12/h5-9H,2,4H2,1,3H3. The molecule has 0 saturated carbocycles. The summed E-state index contributed by atoms with van der Waals surface area (Å²) in [6.07, 6.45) is 8.50. The Bertz CT molecular complexity index is 300.